The summed E-state index contributed by atoms with van der Waals surface area (Å²) in [6.45, 7) is 13.0. The maximum Gasteiger partial charge on any atom is 0.155 e. The second-order valence-electron chi connectivity index (χ2n) is 8.66. The molecule has 0 saturated carbocycles. The molecule has 2 atom stereocenters. The third-order valence-electron chi connectivity index (χ3n) is 5.73. The highest BCUT2D eigenvalue weighted by molar-refractivity contribution is 7.26. The van der Waals surface area contributed by atoms with Crippen LogP contribution in [0.1, 0.15) is 79.5 Å². The Morgan fingerprint density at radius 2 is 1.69 bits per heavy atom. The third kappa shape index (κ3) is 8.81. The summed E-state index contributed by atoms with van der Waals surface area (Å²) in [4.78, 5) is 0. The number of aromatic hydroxyl groups is 2. The van der Waals surface area contributed by atoms with E-state index in [1.165, 1.54) is 11.1 Å². The summed E-state index contributed by atoms with van der Waals surface area (Å²) >= 11 is 5.88. The monoisotopic (exact) mass is 516 g/mol. The molecule has 6 heteroatoms. The Morgan fingerprint density at radius 1 is 1.00 bits per heavy atom. The van der Waals surface area contributed by atoms with Crippen LogP contribution in [-0.2, 0) is 15.5 Å². The topological polar surface area (TPSA) is 58.9 Å². The molecule has 3 aromatic rings. The van der Waals surface area contributed by atoms with Gasteiger partial charge >= 0.3 is 0 Å². The van der Waals surface area contributed by atoms with Gasteiger partial charge in [-0.1, -0.05) is 63.6 Å². The first kappa shape index (κ1) is 29.1. The highest BCUT2D eigenvalue weighted by Gasteiger charge is 2.16. The van der Waals surface area contributed by atoms with Crippen molar-refractivity contribution in [3.05, 3.63) is 93.0 Å². The lowest BCUT2D eigenvalue weighted by Crippen LogP contribution is -2.07. The van der Waals surface area contributed by atoms with Crippen LogP contribution in [0.4, 0.5) is 0 Å². The predicted octanol–water partition coefficient (Wildman–Crippen LogP) is 8.78. The molecule has 1 saturated heterocycles. The van der Waals surface area contributed by atoms with Crippen molar-refractivity contribution in [2.75, 3.05) is 6.61 Å². The van der Waals surface area contributed by atoms with Crippen LogP contribution < -0.4 is 0 Å². The number of phenolic OH excluding ortho intramolecular Hbond substituents is 2. The predicted molar refractivity (Wildman–Crippen MR) is 148 cm³/mol. The first-order chi connectivity index (χ1) is 16.7. The lowest BCUT2D eigenvalue weighted by Gasteiger charge is -2.22. The average Bonchev–Trinajstić information content (AvgIpc) is 2.84. The summed E-state index contributed by atoms with van der Waals surface area (Å²) in [5.74, 6) is 0.984. The minimum atomic E-state index is 0.158. The second-order valence-corrected chi connectivity index (χ2v) is 9.79. The molecule has 0 aromatic heterocycles. The summed E-state index contributed by atoms with van der Waals surface area (Å²) in [6.07, 6.45) is 1.89. The van der Waals surface area contributed by atoms with Crippen molar-refractivity contribution < 1.29 is 19.3 Å². The fourth-order valence-electron chi connectivity index (χ4n) is 3.93. The smallest absolute Gasteiger partial charge is 0.155 e. The summed E-state index contributed by atoms with van der Waals surface area (Å²) in [5, 5.41) is 20.2. The van der Waals surface area contributed by atoms with Gasteiger partial charge in [0.25, 0.3) is 0 Å². The highest BCUT2D eigenvalue weighted by Crippen LogP contribution is 2.35. The number of aryl methyl sites for hydroxylation is 2. The molecule has 0 aliphatic carbocycles. The van der Waals surface area contributed by atoms with Gasteiger partial charge in [-0.25, -0.2) is 0 Å². The van der Waals surface area contributed by atoms with Gasteiger partial charge in [-0.15, -0.1) is 0 Å². The zero-order valence-corrected chi connectivity index (χ0v) is 23.3. The number of hydrogen-bond donors (Lipinski definition) is 2. The number of phenols is 2. The maximum atomic E-state index is 9.88. The van der Waals surface area contributed by atoms with Crippen LogP contribution in [-0.4, -0.2) is 16.8 Å². The van der Waals surface area contributed by atoms with Gasteiger partial charge in [-0.2, -0.15) is 0 Å². The molecule has 4 nitrogen and oxygen atoms in total. The molecular weight excluding hydrogens is 479 g/mol. The Hall–Kier alpha value is -2.10. The van der Waals surface area contributed by atoms with Gasteiger partial charge in [-0.05, 0) is 89.9 Å². The van der Waals surface area contributed by atoms with Crippen molar-refractivity contribution in [2.45, 2.75) is 66.4 Å². The Balaban J connectivity index is 0.000000248. The lowest BCUT2D eigenvalue weighted by molar-refractivity contribution is 0.121. The van der Waals surface area contributed by atoms with E-state index in [-0.39, 0.29) is 15.1 Å². The van der Waals surface area contributed by atoms with Gasteiger partial charge in [-0.3, -0.25) is 0 Å². The van der Waals surface area contributed by atoms with Crippen molar-refractivity contribution in [1.29, 1.82) is 0 Å². The third-order valence-corrected chi connectivity index (χ3v) is 6.67. The summed E-state index contributed by atoms with van der Waals surface area (Å²) in [6, 6.07) is 17.2. The van der Waals surface area contributed by atoms with E-state index >= 15 is 0 Å². The van der Waals surface area contributed by atoms with Gasteiger partial charge in [0.1, 0.15) is 11.5 Å². The van der Waals surface area contributed by atoms with Gasteiger partial charge in [0.15, 0.2) is 9.03 Å². The molecule has 1 aliphatic rings. The molecule has 1 fully saturated rings. The molecule has 4 rings (SSSR count). The van der Waals surface area contributed by atoms with E-state index in [0.717, 1.165) is 46.7 Å². The number of benzene rings is 3. The van der Waals surface area contributed by atoms with E-state index in [9.17, 15) is 10.2 Å². The average molecular weight is 517 g/mol. The van der Waals surface area contributed by atoms with Crippen molar-refractivity contribution in [1.82, 2.24) is 0 Å². The standard InChI is InChI=1S/C18H22O2.C9H10ClO2P.C2H6/c1-11(2)16-9-14(5-6-18(16)20)10-17-12(3)7-15(19)8-13(17)4;10-8-3-1-2-7(6-8)9-4-5-11-13-12-9;1-2/h5-9,11,19-20H,10H2,1-4H3;1-3,6,9,13H,4-5H2;1-2H3/t;9-;/m.0./s1. The highest BCUT2D eigenvalue weighted by atomic mass is 35.5. The van der Waals surface area contributed by atoms with Gasteiger partial charge in [0, 0.05) is 11.4 Å². The molecule has 0 bridgehead atoms. The molecule has 1 unspecified atom stereocenters. The first-order valence-electron chi connectivity index (χ1n) is 12.1. The summed E-state index contributed by atoms with van der Waals surface area (Å²) < 4.78 is 10.6. The van der Waals surface area contributed by atoms with Gasteiger partial charge < -0.3 is 19.3 Å². The Labute approximate surface area is 217 Å². The van der Waals surface area contributed by atoms with Crippen LogP contribution in [0.25, 0.3) is 0 Å². The fourth-order valence-corrected chi connectivity index (χ4v) is 4.77. The van der Waals surface area contributed by atoms with Crippen LogP contribution >= 0.6 is 20.6 Å². The number of halogens is 1. The van der Waals surface area contributed by atoms with Crippen LogP contribution in [0.5, 0.6) is 11.5 Å². The zero-order valence-electron chi connectivity index (χ0n) is 21.6. The first-order valence-corrected chi connectivity index (χ1v) is 13.3. The van der Waals surface area contributed by atoms with Crippen molar-refractivity contribution >= 4 is 20.6 Å². The normalized spacial score (nSPS) is 15.7. The number of hydrogen-bond acceptors (Lipinski definition) is 4. The molecule has 1 aliphatic heterocycles. The molecule has 35 heavy (non-hydrogen) atoms. The van der Waals surface area contributed by atoms with E-state index in [2.05, 4.69) is 19.9 Å². The molecule has 190 valence electrons. The molecule has 3 aromatic carbocycles. The Bertz CT molecular complexity index is 1060. The molecule has 0 radical (unpaired) electrons. The van der Waals surface area contributed by atoms with Crippen molar-refractivity contribution in [3.8, 4) is 11.5 Å². The Kier molecular flexibility index (Phi) is 12.0. The SMILES string of the molecule is CC.Cc1cc(O)cc(C)c1Cc1ccc(O)c(C(C)C)c1.Clc1cccc([C@@H]2CCOPO2)c1. The largest absolute Gasteiger partial charge is 0.508 e. The number of rotatable bonds is 4. The minimum Gasteiger partial charge on any atom is -0.508 e. The maximum absolute atomic E-state index is 9.88. The Morgan fingerprint density at radius 3 is 2.26 bits per heavy atom. The van der Waals surface area contributed by atoms with Gasteiger partial charge in [0.2, 0.25) is 0 Å². The van der Waals surface area contributed by atoms with Crippen molar-refractivity contribution in [3.63, 3.8) is 0 Å². The van der Waals surface area contributed by atoms with Gasteiger partial charge in [0.05, 0.1) is 12.7 Å². The quantitative estimate of drug-likeness (QED) is 0.340. The van der Waals surface area contributed by atoms with Crippen LogP contribution in [0.2, 0.25) is 5.02 Å². The summed E-state index contributed by atoms with van der Waals surface area (Å²) in [5.41, 5.74) is 6.75. The van der Waals surface area contributed by atoms with E-state index in [1.54, 1.807) is 18.2 Å². The van der Waals surface area contributed by atoms with E-state index in [1.807, 2.05) is 58.0 Å². The zero-order chi connectivity index (χ0) is 26.0. The second kappa shape index (κ2) is 14.5. The van der Waals surface area contributed by atoms with Crippen LogP contribution in [0, 0.1) is 13.8 Å². The fraction of sp³-hybridized carbons (Fsp3) is 0.379. The van der Waals surface area contributed by atoms with Crippen LogP contribution in [0.3, 0.4) is 0 Å². The van der Waals surface area contributed by atoms with E-state index in [0.29, 0.717) is 17.4 Å². The van der Waals surface area contributed by atoms with E-state index < -0.39 is 0 Å². The van der Waals surface area contributed by atoms with Crippen LogP contribution in [0.15, 0.2) is 54.6 Å². The van der Waals surface area contributed by atoms with Crippen molar-refractivity contribution in [2.24, 2.45) is 0 Å². The lowest BCUT2D eigenvalue weighted by atomic mass is 9.93. The molecule has 2 N–H and O–H groups in total. The molecule has 0 spiro atoms. The summed E-state index contributed by atoms with van der Waals surface area (Å²) in [7, 11) is 0.161. The molecule has 0 amide bonds. The minimum absolute atomic E-state index is 0.158. The van der Waals surface area contributed by atoms with E-state index in [4.69, 9.17) is 20.6 Å². The molecule has 1 heterocycles. The molecular formula is C29H38ClO4P.